The van der Waals surface area contributed by atoms with Crippen LogP contribution in [-0.4, -0.2) is 32.7 Å². The highest BCUT2D eigenvalue weighted by atomic mass is 16.2. The van der Waals surface area contributed by atoms with E-state index in [0.29, 0.717) is 22.2 Å². The van der Waals surface area contributed by atoms with Gasteiger partial charge in [-0.05, 0) is 60.5 Å². The molecule has 4 heterocycles. The molecule has 7 nitrogen and oxygen atoms in total. The van der Waals surface area contributed by atoms with E-state index >= 15 is 0 Å². The summed E-state index contributed by atoms with van der Waals surface area (Å²) in [5.41, 5.74) is 4.86. The van der Waals surface area contributed by atoms with Gasteiger partial charge in [-0.15, -0.1) is 0 Å². The SMILES string of the molecule is CNC(=O)c1cn(C)c2ccc(C(=O)c3c(C)c(-c4ccncc4)c4ccccn34)cc2c1=O. The van der Waals surface area contributed by atoms with Crippen molar-refractivity contribution >= 4 is 28.1 Å². The molecule has 5 aromatic rings. The number of hydrogen-bond acceptors (Lipinski definition) is 4. The maximum atomic E-state index is 13.8. The van der Waals surface area contributed by atoms with E-state index in [1.807, 2.05) is 47.9 Å². The molecule has 7 heteroatoms. The van der Waals surface area contributed by atoms with Gasteiger partial charge in [0, 0.05) is 55.4 Å². The Balaban J connectivity index is 1.73. The molecule has 1 amide bonds. The van der Waals surface area contributed by atoms with Crippen molar-refractivity contribution in [3.8, 4) is 11.1 Å². The van der Waals surface area contributed by atoms with Crippen LogP contribution in [0.25, 0.3) is 27.5 Å². The molecule has 4 aromatic heterocycles. The minimum absolute atomic E-state index is 0.0337. The van der Waals surface area contributed by atoms with Gasteiger partial charge in [-0.25, -0.2) is 0 Å². The van der Waals surface area contributed by atoms with Gasteiger partial charge in [0.25, 0.3) is 5.91 Å². The molecule has 1 aromatic carbocycles. The van der Waals surface area contributed by atoms with Gasteiger partial charge in [0.05, 0.1) is 16.7 Å². The number of aromatic nitrogens is 3. The number of benzene rings is 1. The molecule has 1 N–H and O–H groups in total. The Morgan fingerprint density at radius 3 is 2.50 bits per heavy atom. The fourth-order valence-corrected chi connectivity index (χ4v) is 4.56. The van der Waals surface area contributed by atoms with E-state index in [9.17, 15) is 14.4 Å². The lowest BCUT2D eigenvalue weighted by Gasteiger charge is -2.10. The van der Waals surface area contributed by atoms with Gasteiger partial charge in [0.1, 0.15) is 5.56 Å². The summed E-state index contributed by atoms with van der Waals surface area (Å²) in [6, 6.07) is 14.7. The molecule has 0 saturated heterocycles. The molecule has 0 bridgehead atoms. The first kappa shape index (κ1) is 21.3. The number of carbonyl (C=O) groups excluding carboxylic acids is 2. The molecule has 0 saturated carbocycles. The second kappa shape index (κ2) is 8.12. The minimum atomic E-state index is -0.463. The number of aryl methyl sites for hydroxylation is 1. The third-order valence-corrected chi connectivity index (χ3v) is 6.19. The molecule has 0 aliphatic heterocycles. The van der Waals surface area contributed by atoms with Crippen LogP contribution >= 0.6 is 0 Å². The average molecular weight is 450 g/mol. The molecular weight excluding hydrogens is 428 g/mol. The van der Waals surface area contributed by atoms with Crippen LogP contribution in [-0.2, 0) is 7.05 Å². The van der Waals surface area contributed by atoms with Gasteiger partial charge < -0.3 is 14.3 Å². The van der Waals surface area contributed by atoms with E-state index in [1.54, 1.807) is 42.2 Å². The average Bonchev–Trinajstić information content (AvgIpc) is 3.17. The van der Waals surface area contributed by atoms with E-state index in [1.165, 1.54) is 13.2 Å². The summed E-state index contributed by atoms with van der Waals surface area (Å²) < 4.78 is 3.60. The predicted octanol–water partition coefficient (Wildman–Crippen LogP) is 3.75. The van der Waals surface area contributed by atoms with Crippen LogP contribution in [0.2, 0.25) is 0 Å². The quantitative estimate of drug-likeness (QED) is 0.423. The van der Waals surface area contributed by atoms with Gasteiger partial charge in [-0.1, -0.05) is 6.07 Å². The highest BCUT2D eigenvalue weighted by molar-refractivity contribution is 6.13. The highest BCUT2D eigenvalue weighted by Gasteiger charge is 2.23. The van der Waals surface area contributed by atoms with Crippen molar-refractivity contribution in [2.24, 2.45) is 7.05 Å². The van der Waals surface area contributed by atoms with E-state index in [2.05, 4.69) is 10.3 Å². The van der Waals surface area contributed by atoms with Crippen molar-refractivity contribution in [3.63, 3.8) is 0 Å². The summed E-state index contributed by atoms with van der Waals surface area (Å²) in [5, 5.41) is 2.82. The van der Waals surface area contributed by atoms with Crippen LogP contribution in [0.4, 0.5) is 0 Å². The van der Waals surface area contributed by atoms with Crippen LogP contribution in [0, 0.1) is 6.92 Å². The molecular formula is C27H22N4O3. The zero-order valence-corrected chi connectivity index (χ0v) is 19.0. The van der Waals surface area contributed by atoms with Crippen molar-refractivity contribution < 1.29 is 9.59 Å². The predicted molar refractivity (Wildman–Crippen MR) is 131 cm³/mol. The Morgan fingerprint density at radius 1 is 1.00 bits per heavy atom. The summed E-state index contributed by atoms with van der Waals surface area (Å²) in [4.78, 5) is 43.2. The fraction of sp³-hybridized carbons (Fsp3) is 0.111. The lowest BCUT2D eigenvalue weighted by molar-refractivity contribution is 0.0960. The number of rotatable bonds is 4. The second-order valence-electron chi connectivity index (χ2n) is 8.16. The molecule has 0 aliphatic rings. The van der Waals surface area contributed by atoms with Crippen LogP contribution < -0.4 is 10.7 Å². The lowest BCUT2D eigenvalue weighted by atomic mass is 9.98. The monoisotopic (exact) mass is 450 g/mol. The Bertz CT molecular complexity index is 1660. The van der Waals surface area contributed by atoms with E-state index in [0.717, 1.165) is 22.2 Å². The largest absolute Gasteiger partial charge is 0.355 e. The third-order valence-electron chi connectivity index (χ3n) is 6.19. The van der Waals surface area contributed by atoms with Crippen LogP contribution in [0.3, 0.4) is 0 Å². The third kappa shape index (κ3) is 3.21. The number of carbonyl (C=O) groups is 2. The standard InChI is InChI=1S/C27H22N4O3/c1-16-23(17-9-11-29-12-10-17)22-6-4-5-13-31(22)24(16)25(32)18-7-8-21-19(14-18)26(33)20(15-30(21)3)27(34)28-2/h4-15H,1-3H3,(H,28,34). The van der Waals surface area contributed by atoms with E-state index in [4.69, 9.17) is 0 Å². The molecule has 0 aliphatic carbocycles. The first-order valence-electron chi connectivity index (χ1n) is 10.8. The van der Waals surface area contributed by atoms with E-state index < -0.39 is 11.3 Å². The maximum Gasteiger partial charge on any atom is 0.256 e. The van der Waals surface area contributed by atoms with Crippen LogP contribution in [0.15, 0.2) is 78.1 Å². The topological polar surface area (TPSA) is 85.5 Å². The molecule has 34 heavy (non-hydrogen) atoms. The molecule has 0 spiro atoms. The smallest absolute Gasteiger partial charge is 0.256 e. The number of amides is 1. The highest BCUT2D eigenvalue weighted by Crippen LogP contribution is 2.33. The van der Waals surface area contributed by atoms with Crippen LogP contribution in [0.5, 0.6) is 0 Å². The Morgan fingerprint density at radius 2 is 1.76 bits per heavy atom. The molecule has 0 atom stereocenters. The molecule has 5 rings (SSSR count). The Kier molecular flexibility index (Phi) is 5.09. The molecule has 0 fully saturated rings. The lowest BCUT2D eigenvalue weighted by Crippen LogP contribution is -2.26. The van der Waals surface area contributed by atoms with Gasteiger partial charge >= 0.3 is 0 Å². The van der Waals surface area contributed by atoms with Gasteiger partial charge in [-0.3, -0.25) is 19.4 Å². The van der Waals surface area contributed by atoms with Gasteiger partial charge in [-0.2, -0.15) is 0 Å². The Labute approximate surface area is 195 Å². The van der Waals surface area contributed by atoms with Crippen molar-refractivity contribution in [1.29, 1.82) is 0 Å². The Hall–Kier alpha value is -4.52. The fourth-order valence-electron chi connectivity index (χ4n) is 4.56. The van der Waals surface area contributed by atoms with Crippen molar-refractivity contribution in [1.82, 2.24) is 19.3 Å². The molecule has 168 valence electrons. The number of pyridine rings is 3. The number of fused-ring (bicyclic) bond motifs is 2. The van der Waals surface area contributed by atoms with Gasteiger partial charge in [0.2, 0.25) is 11.2 Å². The maximum absolute atomic E-state index is 13.8. The summed E-state index contributed by atoms with van der Waals surface area (Å²) in [6.07, 6.45) is 6.83. The number of ketones is 1. The number of hydrogen-bond donors (Lipinski definition) is 1. The van der Waals surface area contributed by atoms with Crippen molar-refractivity contribution in [2.45, 2.75) is 6.92 Å². The first-order chi connectivity index (χ1) is 16.4. The van der Waals surface area contributed by atoms with Crippen molar-refractivity contribution in [2.75, 3.05) is 7.05 Å². The number of nitrogens with one attached hydrogen (secondary N) is 1. The normalized spacial score (nSPS) is 11.1. The second-order valence-corrected chi connectivity index (χ2v) is 8.16. The van der Waals surface area contributed by atoms with E-state index in [-0.39, 0.29) is 11.3 Å². The zero-order valence-electron chi connectivity index (χ0n) is 19.0. The van der Waals surface area contributed by atoms with Crippen molar-refractivity contribution in [3.05, 3.63) is 106 Å². The summed E-state index contributed by atoms with van der Waals surface area (Å²) in [6.45, 7) is 1.93. The van der Waals surface area contributed by atoms with Crippen LogP contribution in [0.1, 0.15) is 32.0 Å². The summed E-state index contributed by atoms with van der Waals surface area (Å²) in [7, 11) is 3.24. The minimum Gasteiger partial charge on any atom is -0.355 e. The number of nitrogens with zero attached hydrogens (tertiary/aromatic N) is 3. The summed E-state index contributed by atoms with van der Waals surface area (Å²) in [5.74, 6) is -0.664. The first-order valence-corrected chi connectivity index (χ1v) is 10.8. The molecule has 0 unspecified atom stereocenters. The summed E-state index contributed by atoms with van der Waals surface area (Å²) >= 11 is 0. The van der Waals surface area contributed by atoms with Gasteiger partial charge in [0.15, 0.2) is 0 Å². The zero-order chi connectivity index (χ0) is 24.0. The molecule has 0 radical (unpaired) electrons.